The van der Waals surface area contributed by atoms with Crippen LogP contribution in [0.1, 0.15) is 57.2 Å². The van der Waals surface area contributed by atoms with Gasteiger partial charge in [-0.1, -0.05) is 19.9 Å². The molecule has 8 nitrogen and oxygen atoms in total. The second-order valence-corrected chi connectivity index (χ2v) is 9.46. The number of amides is 1. The Balaban J connectivity index is 1.87. The number of unbranched alkanes of at least 4 members (excludes halogenated alkanes) is 1. The molecule has 3 N–H and O–H groups in total. The van der Waals surface area contributed by atoms with E-state index in [2.05, 4.69) is 22.8 Å². The van der Waals surface area contributed by atoms with E-state index < -0.39 is 24.8 Å². The Kier molecular flexibility index (Phi) is 12.2. The zero-order valence-corrected chi connectivity index (χ0v) is 20.8. The molecule has 2 atom stereocenters. The number of halogens is 1. The average Bonchev–Trinajstić information content (AvgIpc) is 2.81. The van der Waals surface area contributed by atoms with Crippen LogP contribution in [0.5, 0.6) is 0 Å². The van der Waals surface area contributed by atoms with Gasteiger partial charge >= 0.3 is 5.97 Å². The maximum absolute atomic E-state index is 13.3. The number of methoxy groups -OCH3 is 1. The summed E-state index contributed by atoms with van der Waals surface area (Å²) in [5, 5.41) is 15.5. The van der Waals surface area contributed by atoms with E-state index in [4.69, 9.17) is 9.72 Å². The summed E-state index contributed by atoms with van der Waals surface area (Å²) in [7, 11) is 1.48. The number of hydrogen-bond donors (Lipinski definition) is 3. The highest BCUT2D eigenvalue weighted by Gasteiger charge is 2.22. The zero-order chi connectivity index (χ0) is 24.9. The van der Waals surface area contributed by atoms with Crippen LogP contribution in [0.3, 0.4) is 0 Å². The molecule has 1 aliphatic rings. The Bertz CT molecular complexity index is 773. The van der Waals surface area contributed by atoms with E-state index in [1.165, 1.54) is 12.7 Å². The number of nitrogens with one attached hydrogen (secondary N) is 2. The van der Waals surface area contributed by atoms with Crippen molar-refractivity contribution in [3.05, 3.63) is 23.4 Å². The number of rotatable bonds is 16. The normalized spacial score (nSPS) is 15.0. The third-order valence-corrected chi connectivity index (χ3v) is 6.04. The smallest absolute Gasteiger partial charge is 0.326 e. The Hall–Kier alpha value is -2.26. The minimum Gasteiger partial charge on any atom is -0.480 e. The predicted molar refractivity (Wildman–Crippen MR) is 131 cm³/mol. The van der Waals surface area contributed by atoms with Crippen molar-refractivity contribution in [3.63, 3.8) is 0 Å². The van der Waals surface area contributed by atoms with Crippen LogP contribution in [0.2, 0.25) is 0 Å². The van der Waals surface area contributed by atoms with Crippen LogP contribution < -0.4 is 10.6 Å². The second kappa shape index (κ2) is 14.9. The summed E-state index contributed by atoms with van der Waals surface area (Å²) in [6.07, 6.45) is 4.81. The van der Waals surface area contributed by atoms with E-state index in [0.717, 1.165) is 50.2 Å². The van der Waals surface area contributed by atoms with Gasteiger partial charge in [0.05, 0.1) is 6.10 Å². The summed E-state index contributed by atoms with van der Waals surface area (Å²) in [4.78, 5) is 30.5. The Morgan fingerprint density at radius 3 is 2.76 bits per heavy atom. The van der Waals surface area contributed by atoms with Crippen LogP contribution >= 0.6 is 0 Å². The van der Waals surface area contributed by atoms with Crippen molar-refractivity contribution in [2.45, 2.75) is 70.9 Å². The molecule has 1 aliphatic heterocycles. The number of nitrogens with zero attached hydrogens (tertiary/aromatic N) is 2. The summed E-state index contributed by atoms with van der Waals surface area (Å²) in [5.41, 5.74) is 2.32. The third-order valence-electron chi connectivity index (χ3n) is 6.04. The standard InChI is InChI=1S/C25H41FN4O4/c1-18(2)15-23(31)29-22(25(32)33)11-14-30(17-21(16-26)34-3)13-5-4-8-20-10-9-19-7-6-12-27-24(19)28-20/h9-10,18,21-22H,4-8,11-17H2,1-3H3,(H,27,28)(H,29,31)(H,32,33). The molecule has 1 aromatic heterocycles. The lowest BCUT2D eigenvalue weighted by Crippen LogP contribution is -2.44. The molecule has 0 saturated heterocycles. The fourth-order valence-electron chi connectivity index (χ4n) is 4.11. The summed E-state index contributed by atoms with van der Waals surface area (Å²) < 4.78 is 18.5. The highest BCUT2D eigenvalue weighted by Crippen LogP contribution is 2.20. The van der Waals surface area contributed by atoms with Crippen molar-refractivity contribution in [2.75, 3.05) is 45.3 Å². The maximum atomic E-state index is 13.3. The zero-order valence-electron chi connectivity index (χ0n) is 20.8. The number of carbonyl (C=O) groups excluding carboxylic acids is 1. The number of anilines is 1. The van der Waals surface area contributed by atoms with Gasteiger partial charge in [0, 0.05) is 38.9 Å². The van der Waals surface area contributed by atoms with Crippen molar-refractivity contribution < 1.29 is 23.8 Å². The van der Waals surface area contributed by atoms with Gasteiger partial charge in [-0.05, 0) is 62.6 Å². The number of fused-ring (bicyclic) bond motifs is 1. The summed E-state index contributed by atoms with van der Waals surface area (Å²) >= 11 is 0. The number of hydrogen-bond acceptors (Lipinski definition) is 6. The highest BCUT2D eigenvalue weighted by atomic mass is 19.1. The lowest BCUT2D eigenvalue weighted by atomic mass is 10.1. The first-order valence-corrected chi connectivity index (χ1v) is 12.4. The molecule has 0 aliphatic carbocycles. The Morgan fingerprint density at radius 2 is 2.09 bits per heavy atom. The predicted octanol–water partition coefficient (Wildman–Crippen LogP) is 3.05. The number of aryl methyl sites for hydroxylation is 2. The molecule has 2 unspecified atom stereocenters. The van der Waals surface area contributed by atoms with E-state index >= 15 is 0 Å². The molecule has 0 saturated carbocycles. The number of carboxylic acids is 1. The van der Waals surface area contributed by atoms with Crippen molar-refractivity contribution >= 4 is 17.7 Å². The molecular formula is C25H41FN4O4. The molecule has 2 rings (SSSR count). The van der Waals surface area contributed by atoms with Crippen molar-refractivity contribution in [1.82, 2.24) is 15.2 Å². The van der Waals surface area contributed by atoms with Gasteiger partial charge in [0.2, 0.25) is 5.91 Å². The molecule has 0 fully saturated rings. The lowest BCUT2D eigenvalue weighted by molar-refractivity contribution is -0.142. The lowest BCUT2D eigenvalue weighted by Gasteiger charge is -2.27. The molecule has 2 heterocycles. The molecule has 0 aromatic carbocycles. The number of aliphatic carboxylic acids is 1. The van der Waals surface area contributed by atoms with Gasteiger partial charge < -0.3 is 25.4 Å². The third kappa shape index (κ3) is 9.93. The van der Waals surface area contributed by atoms with Crippen LogP contribution in [-0.4, -0.2) is 79.0 Å². The number of pyridine rings is 1. The van der Waals surface area contributed by atoms with Crippen LogP contribution in [0.25, 0.3) is 0 Å². The molecule has 9 heteroatoms. The summed E-state index contributed by atoms with van der Waals surface area (Å²) in [6, 6.07) is 3.28. The number of ether oxygens (including phenoxy) is 1. The fraction of sp³-hybridized carbons (Fsp3) is 0.720. The first-order valence-electron chi connectivity index (χ1n) is 12.4. The van der Waals surface area contributed by atoms with Crippen LogP contribution in [0.4, 0.5) is 10.2 Å². The second-order valence-electron chi connectivity index (χ2n) is 9.46. The van der Waals surface area contributed by atoms with Gasteiger partial charge in [0.25, 0.3) is 0 Å². The SMILES string of the molecule is COC(CF)CN(CCCCc1ccc2c(n1)NCCC2)CCC(NC(=O)CC(C)C)C(=O)O. The van der Waals surface area contributed by atoms with Crippen molar-refractivity contribution in [2.24, 2.45) is 5.92 Å². The molecule has 192 valence electrons. The van der Waals surface area contributed by atoms with E-state index in [1.54, 1.807) is 0 Å². The summed E-state index contributed by atoms with van der Waals surface area (Å²) in [5.74, 6) is -0.175. The number of carbonyl (C=O) groups is 2. The molecule has 1 aromatic rings. The van der Waals surface area contributed by atoms with Crippen LogP contribution in [-0.2, 0) is 27.2 Å². The first-order chi connectivity index (χ1) is 16.3. The number of alkyl halides is 1. The molecule has 0 radical (unpaired) electrons. The quantitative estimate of drug-likeness (QED) is 0.313. The van der Waals surface area contributed by atoms with E-state index in [1.807, 2.05) is 18.7 Å². The fourth-order valence-corrected chi connectivity index (χ4v) is 4.11. The van der Waals surface area contributed by atoms with Gasteiger partial charge in [-0.15, -0.1) is 0 Å². The van der Waals surface area contributed by atoms with Crippen molar-refractivity contribution in [1.29, 1.82) is 0 Å². The van der Waals surface area contributed by atoms with Gasteiger partial charge in [-0.3, -0.25) is 4.79 Å². The van der Waals surface area contributed by atoms with Gasteiger partial charge in [-0.2, -0.15) is 0 Å². The Labute approximate surface area is 202 Å². The highest BCUT2D eigenvalue weighted by molar-refractivity contribution is 5.83. The van der Waals surface area contributed by atoms with Crippen LogP contribution in [0, 0.1) is 5.92 Å². The van der Waals surface area contributed by atoms with Gasteiger partial charge in [-0.25, -0.2) is 14.2 Å². The molecule has 1 amide bonds. The monoisotopic (exact) mass is 480 g/mol. The van der Waals surface area contributed by atoms with E-state index in [-0.39, 0.29) is 24.7 Å². The minimum absolute atomic E-state index is 0.151. The molecule has 0 bridgehead atoms. The molecule has 0 spiro atoms. The first kappa shape index (κ1) is 28.0. The Morgan fingerprint density at radius 1 is 1.29 bits per heavy atom. The van der Waals surface area contributed by atoms with E-state index in [9.17, 15) is 19.1 Å². The molecular weight excluding hydrogens is 439 g/mol. The molecule has 34 heavy (non-hydrogen) atoms. The van der Waals surface area contributed by atoms with E-state index in [0.29, 0.717) is 19.6 Å². The van der Waals surface area contributed by atoms with Crippen LogP contribution in [0.15, 0.2) is 12.1 Å². The average molecular weight is 481 g/mol. The summed E-state index contributed by atoms with van der Waals surface area (Å²) in [6.45, 7) is 5.68. The number of carboxylic acid groups (broad SMARTS) is 1. The largest absolute Gasteiger partial charge is 0.480 e. The number of aromatic nitrogens is 1. The topological polar surface area (TPSA) is 104 Å². The van der Waals surface area contributed by atoms with Gasteiger partial charge in [0.1, 0.15) is 18.5 Å². The maximum Gasteiger partial charge on any atom is 0.326 e. The van der Waals surface area contributed by atoms with Crippen molar-refractivity contribution in [3.8, 4) is 0 Å². The van der Waals surface area contributed by atoms with Gasteiger partial charge in [0.15, 0.2) is 0 Å². The minimum atomic E-state index is -1.06.